The van der Waals surface area contributed by atoms with E-state index < -0.39 is 0 Å². The maximum atomic E-state index is 6.17. The molecular weight excluding hydrogens is 512 g/mol. The lowest BCUT2D eigenvalue weighted by Crippen LogP contribution is -2.42. The smallest absolute Gasteiger partial charge is 0.174 e. The zero-order chi connectivity index (χ0) is 28.0. The van der Waals surface area contributed by atoms with Crippen LogP contribution < -0.4 is 19.9 Å². The Hall–Kier alpha value is -4.16. The van der Waals surface area contributed by atoms with Crippen molar-refractivity contribution in [1.29, 1.82) is 0 Å². The van der Waals surface area contributed by atoms with E-state index in [4.69, 9.17) is 21.9 Å². The van der Waals surface area contributed by atoms with Gasteiger partial charge in [-0.2, -0.15) is 0 Å². The summed E-state index contributed by atoms with van der Waals surface area (Å²) in [5.74, 6) is 1.64. The molecule has 0 bridgehead atoms. The molecule has 2 aliphatic rings. The van der Waals surface area contributed by atoms with Crippen LogP contribution in [0.15, 0.2) is 97.2 Å². The Bertz CT molecular complexity index is 1600. The number of hydrogen-bond donors (Lipinski definition) is 1. The average Bonchev–Trinajstić information content (AvgIpc) is 3.30. The Morgan fingerprint density at radius 3 is 2.40 bits per heavy atom. The third-order valence-corrected chi connectivity index (χ3v) is 8.43. The fraction of sp³-hybridized carbons (Fsp3) is 0.235. The van der Waals surface area contributed by atoms with Crippen LogP contribution in [0.5, 0.6) is 11.5 Å². The molecule has 1 saturated heterocycles. The molecule has 4 aromatic rings. The van der Waals surface area contributed by atoms with E-state index in [1.54, 1.807) is 0 Å². The van der Waals surface area contributed by atoms with Crippen molar-refractivity contribution in [2.24, 2.45) is 0 Å². The highest BCUT2D eigenvalue weighted by Crippen LogP contribution is 2.45. The number of anilines is 2. The topological polar surface area (TPSA) is 40.6 Å². The van der Waals surface area contributed by atoms with Gasteiger partial charge in [-0.1, -0.05) is 36.4 Å². The Balaban J connectivity index is 1.40. The Labute approximate surface area is 242 Å². The van der Waals surface area contributed by atoms with Crippen LogP contribution in [0.3, 0.4) is 0 Å². The second-order valence-electron chi connectivity index (χ2n) is 11.2. The highest BCUT2D eigenvalue weighted by Gasteiger charge is 2.41. The van der Waals surface area contributed by atoms with Gasteiger partial charge in [0.1, 0.15) is 11.5 Å². The summed E-state index contributed by atoms with van der Waals surface area (Å²) < 4.78 is 6.17. The van der Waals surface area contributed by atoms with Gasteiger partial charge in [-0.25, -0.2) is 0 Å². The molecular formula is C34H34N4OS. The third-order valence-electron chi connectivity index (χ3n) is 8.12. The van der Waals surface area contributed by atoms with E-state index >= 15 is 0 Å². The number of aryl methyl sites for hydroxylation is 1. The van der Waals surface area contributed by atoms with Crippen LogP contribution >= 0.6 is 12.2 Å². The fourth-order valence-electron chi connectivity index (χ4n) is 5.81. The molecule has 202 valence electrons. The second kappa shape index (κ2) is 10.1. The molecule has 1 N–H and O–H groups in total. The summed E-state index contributed by atoms with van der Waals surface area (Å²) in [7, 11) is 2.16. The Kier molecular flexibility index (Phi) is 6.59. The van der Waals surface area contributed by atoms with Crippen LogP contribution in [0, 0.1) is 6.92 Å². The summed E-state index contributed by atoms with van der Waals surface area (Å²) in [5.41, 5.74) is 7.97. The number of nitrogens with one attached hydrogen (secondary N) is 1. The van der Waals surface area contributed by atoms with E-state index in [1.165, 1.54) is 22.4 Å². The van der Waals surface area contributed by atoms with Crippen LogP contribution in [0.2, 0.25) is 0 Å². The molecule has 3 heterocycles. The standard InChI is InChI=1S/C34H34N4OS/c1-22-10-6-7-12-30(22)39-26-16-14-25(15-17-26)38-32(31(36-33(38)40)28-11-8-9-19-35-28)24-13-18-29-27(20-24)23(2)21-34(3,4)37(29)5/h6-21,31-32H,1-5H3,(H,36,40)/t31-,32+/m1/s1. The van der Waals surface area contributed by atoms with E-state index in [0.717, 1.165) is 28.4 Å². The quantitative estimate of drug-likeness (QED) is 0.256. The number of para-hydroxylation sites is 1. The fourth-order valence-corrected chi connectivity index (χ4v) is 6.15. The largest absolute Gasteiger partial charge is 0.457 e. The number of nitrogens with zero attached hydrogens (tertiary/aromatic N) is 3. The predicted molar refractivity (Wildman–Crippen MR) is 168 cm³/mol. The number of likely N-dealkylation sites (N-methyl/N-ethyl adjacent to an activating group) is 1. The summed E-state index contributed by atoms with van der Waals surface area (Å²) in [4.78, 5) is 9.27. The normalized spacial score (nSPS) is 19.6. The predicted octanol–water partition coefficient (Wildman–Crippen LogP) is 7.99. The summed E-state index contributed by atoms with van der Waals surface area (Å²) in [5, 5.41) is 4.26. The van der Waals surface area contributed by atoms with Gasteiger partial charge >= 0.3 is 0 Å². The lowest BCUT2D eigenvalue weighted by molar-refractivity contribution is 0.479. The van der Waals surface area contributed by atoms with Crippen molar-refractivity contribution in [3.63, 3.8) is 0 Å². The van der Waals surface area contributed by atoms with Gasteiger partial charge in [0.2, 0.25) is 0 Å². The molecule has 6 rings (SSSR count). The van der Waals surface area contributed by atoms with Gasteiger partial charge in [0.05, 0.1) is 23.3 Å². The van der Waals surface area contributed by atoms with Crippen molar-refractivity contribution in [2.45, 2.75) is 45.3 Å². The van der Waals surface area contributed by atoms with Gasteiger partial charge in [0, 0.05) is 30.2 Å². The van der Waals surface area contributed by atoms with Crippen molar-refractivity contribution in [3.05, 3.63) is 120 Å². The number of rotatable bonds is 5. The first kappa shape index (κ1) is 26.1. The number of aromatic nitrogens is 1. The van der Waals surface area contributed by atoms with Gasteiger partial charge in [0.15, 0.2) is 5.11 Å². The van der Waals surface area contributed by atoms with Gasteiger partial charge < -0.3 is 19.9 Å². The van der Waals surface area contributed by atoms with Gasteiger partial charge in [-0.05, 0) is 111 Å². The molecule has 0 aliphatic carbocycles. The van der Waals surface area contributed by atoms with E-state index in [9.17, 15) is 0 Å². The minimum absolute atomic E-state index is 0.0419. The number of hydrogen-bond acceptors (Lipinski definition) is 4. The number of allylic oxidation sites excluding steroid dienone is 1. The summed E-state index contributed by atoms with van der Waals surface area (Å²) in [6.45, 7) is 8.75. The Morgan fingerprint density at radius 1 is 0.925 bits per heavy atom. The molecule has 2 atom stereocenters. The second-order valence-corrected chi connectivity index (χ2v) is 11.6. The van der Waals surface area contributed by atoms with Crippen molar-refractivity contribution in [2.75, 3.05) is 16.8 Å². The van der Waals surface area contributed by atoms with Crippen LogP contribution in [0.4, 0.5) is 11.4 Å². The van der Waals surface area contributed by atoms with E-state index in [0.29, 0.717) is 5.11 Å². The van der Waals surface area contributed by atoms with Gasteiger partial charge in [0.25, 0.3) is 0 Å². The number of ether oxygens (including phenoxy) is 1. The van der Waals surface area contributed by atoms with E-state index in [2.05, 4.69) is 98.4 Å². The van der Waals surface area contributed by atoms with Crippen molar-refractivity contribution >= 4 is 34.3 Å². The molecule has 0 spiro atoms. The molecule has 0 saturated carbocycles. The minimum Gasteiger partial charge on any atom is -0.457 e. The lowest BCUT2D eigenvalue weighted by atomic mass is 9.86. The monoisotopic (exact) mass is 546 g/mol. The number of pyridine rings is 1. The summed E-state index contributed by atoms with van der Waals surface area (Å²) in [6, 6.07) is 28.9. The number of thiocarbonyl (C=S) groups is 1. The zero-order valence-corrected chi connectivity index (χ0v) is 24.4. The molecule has 6 heteroatoms. The maximum Gasteiger partial charge on any atom is 0.174 e. The number of fused-ring (bicyclic) bond motifs is 1. The molecule has 1 aromatic heterocycles. The third kappa shape index (κ3) is 4.62. The molecule has 5 nitrogen and oxygen atoms in total. The summed E-state index contributed by atoms with van der Waals surface area (Å²) in [6.07, 6.45) is 4.19. The molecule has 1 fully saturated rings. The van der Waals surface area contributed by atoms with Gasteiger partial charge in [-0.15, -0.1) is 0 Å². The van der Waals surface area contributed by atoms with Crippen LogP contribution in [-0.4, -0.2) is 22.7 Å². The van der Waals surface area contributed by atoms with Crippen LogP contribution in [0.25, 0.3) is 5.57 Å². The molecule has 40 heavy (non-hydrogen) atoms. The van der Waals surface area contributed by atoms with Gasteiger partial charge in [-0.3, -0.25) is 4.98 Å². The van der Waals surface area contributed by atoms with E-state index in [1.807, 2.05) is 48.7 Å². The van der Waals surface area contributed by atoms with E-state index in [-0.39, 0.29) is 17.6 Å². The molecule has 3 aromatic carbocycles. The minimum atomic E-state index is -0.100. The summed E-state index contributed by atoms with van der Waals surface area (Å²) >= 11 is 5.96. The zero-order valence-electron chi connectivity index (χ0n) is 23.6. The van der Waals surface area contributed by atoms with Crippen molar-refractivity contribution in [1.82, 2.24) is 10.3 Å². The van der Waals surface area contributed by atoms with Crippen LogP contribution in [-0.2, 0) is 0 Å². The molecule has 2 aliphatic heterocycles. The van der Waals surface area contributed by atoms with Crippen LogP contribution in [0.1, 0.15) is 55.2 Å². The Morgan fingerprint density at radius 2 is 1.68 bits per heavy atom. The average molecular weight is 547 g/mol. The number of benzene rings is 3. The van der Waals surface area contributed by atoms with Crippen molar-refractivity contribution < 1.29 is 4.74 Å². The molecule has 0 unspecified atom stereocenters. The first-order valence-electron chi connectivity index (χ1n) is 13.6. The maximum absolute atomic E-state index is 6.17. The highest BCUT2D eigenvalue weighted by atomic mass is 32.1. The SMILES string of the molecule is CC1=CC(C)(C)N(C)c2ccc([C@H]3[C@@H](c4ccccn4)NC(=S)N3c3ccc(Oc4ccccc4C)cc3)cc21. The molecule has 0 amide bonds. The molecule has 0 radical (unpaired) electrons. The van der Waals surface area contributed by atoms with Crippen molar-refractivity contribution in [3.8, 4) is 11.5 Å². The first-order valence-corrected chi connectivity index (χ1v) is 14.1. The lowest BCUT2D eigenvalue weighted by Gasteiger charge is -2.41. The highest BCUT2D eigenvalue weighted by molar-refractivity contribution is 7.80. The first-order chi connectivity index (χ1) is 19.2.